The smallest absolute Gasteiger partial charge is 0.261 e. The van der Waals surface area contributed by atoms with Gasteiger partial charge in [-0.2, -0.15) is 0 Å². The minimum absolute atomic E-state index is 0.152. The molecule has 33 heavy (non-hydrogen) atoms. The molecule has 4 rings (SSSR count). The molecule has 1 aliphatic rings. The van der Waals surface area contributed by atoms with Crippen LogP contribution in [-0.4, -0.2) is 50.3 Å². The SMILES string of the molecule is O=C(c1cccc(NS(=O)(=O)c2ccccc2)c1)N1CCN(Cc2ccc(F)cc2Cl)CC1. The number of rotatable bonds is 6. The van der Waals surface area contributed by atoms with Gasteiger partial charge in [0.1, 0.15) is 5.82 Å². The molecule has 172 valence electrons. The lowest BCUT2D eigenvalue weighted by atomic mass is 10.1. The Morgan fingerprint density at radius 3 is 2.36 bits per heavy atom. The van der Waals surface area contributed by atoms with Crippen LogP contribution in [0.15, 0.2) is 77.7 Å². The van der Waals surface area contributed by atoms with E-state index in [1.54, 1.807) is 53.4 Å². The van der Waals surface area contributed by atoms with Crippen LogP contribution in [0.3, 0.4) is 0 Å². The van der Waals surface area contributed by atoms with Crippen molar-refractivity contribution in [3.05, 3.63) is 94.8 Å². The average Bonchev–Trinajstić information content (AvgIpc) is 2.81. The fraction of sp³-hybridized carbons (Fsp3) is 0.208. The molecular weight excluding hydrogens is 465 g/mol. The van der Waals surface area contributed by atoms with Crippen LogP contribution in [0, 0.1) is 5.82 Å². The van der Waals surface area contributed by atoms with Crippen LogP contribution < -0.4 is 4.72 Å². The summed E-state index contributed by atoms with van der Waals surface area (Å²) in [5, 5.41) is 0.392. The fourth-order valence-corrected chi connectivity index (χ4v) is 5.01. The van der Waals surface area contributed by atoms with E-state index in [1.165, 1.54) is 24.3 Å². The van der Waals surface area contributed by atoms with E-state index in [4.69, 9.17) is 11.6 Å². The number of halogens is 2. The van der Waals surface area contributed by atoms with Crippen LogP contribution in [0.5, 0.6) is 0 Å². The Kier molecular flexibility index (Phi) is 6.97. The number of carbonyl (C=O) groups excluding carboxylic acids is 1. The maximum atomic E-state index is 13.3. The van der Waals surface area contributed by atoms with Crippen molar-refractivity contribution in [1.29, 1.82) is 0 Å². The lowest BCUT2D eigenvalue weighted by Crippen LogP contribution is -2.48. The molecule has 0 aromatic heterocycles. The molecule has 0 bridgehead atoms. The van der Waals surface area contributed by atoms with Crippen molar-refractivity contribution in [3.8, 4) is 0 Å². The zero-order valence-electron chi connectivity index (χ0n) is 17.7. The van der Waals surface area contributed by atoms with Crippen molar-refractivity contribution in [2.24, 2.45) is 0 Å². The summed E-state index contributed by atoms with van der Waals surface area (Å²) in [6, 6.07) is 18.9. The Bertz CT molecular complexity index is 1250. The highest BCUT2D eigenvalue weighted by Crippen LogP contribution is 2.21. The summed E-state index contributed by atoms with van der Waals surface area (Å²) in [7, 11) is -3.74. The van der Waals surface area contributed by atoms with Crippen molar-refractivity contribution >= 4 is 33.2 Å². The Labute approximate surface area is 197 Å². The first-order chi connectivity index (χ1) is 15.8. The van der Waals surface area contributed by atoms with Crippen molar-refractivity contribution < 1.29 is 17.6 Å². The van der Waals surface area contributed by atoms with E-state index in [1.807, 2.05) is 0 Å². The number of amides is 1. The first-order valence-corrected chi connectivity index (χ1v) is 12.3. The lowest BCUT2D eigenvalue weighted by molar-refractivity contribution is 0.0628. The lowest BCUT2D eigenvalue weighted by Gasteiger charge is -2.35. The van der Waals surface area contributed by atoms with Gasteiger partial charge < -0.3 is 4.90 Å². The van der Waals surface area contributed by atoms with E-state index in [0.29, 0.717) is 49.0 Å². The molecule has 0 saturated carbocycles. The second-order valence-electron chi connectivity index (χ2n) is 7.80. The van der Waals surface area contributed by atoms with Crippen molar-refractivity contribution in [2.45, 2.75) is 11.4 Å². The Morgan fingerprint density at radius 2 is 1.67 bits per heavy atom. The molecule has 3 aromatic carbocycles. The normalized spacial score (nSPS) is 14.8. The van der Waals surface area contributed by atoms with Gasteiger partial charge in [-0.15, -0.1) is 0 Å². The summed E-state index contributed by atoms with van der Waals surface area (Å²) in [5.74, 6) is -0.525. The van der Waals surface area contributed by atoms with Crippen LogP contribution in [0.4, 0.5) is 10.1 Å². The maximum absolute atomic E-state index is 13.3. The van der Waals surface area contributed by atoms with Gasteiger partial charge in [-0.1, -0.05) is 41.9 Å². The van der Waals surface area contributed by atoms with E-state index in [-0.39, 0.29) is 16.6 Å². The number of benzene rings is 3. The first kappa shape index (κ1) is 23.2. The van der Waals surface area contributed by atoms with Gasteiger partial charge in [0.25, 0.3) is 15.9 Å². The molecule has 1 amide bonds. The van der Waals surface area contributed by atoms with E-state index >= 15 is 0 Å². The van der Waals surface area contributed by atoms with Gasteiger partial charge >= 0.3 is 0 Å². The minimum atomic E-state index is -3.74. The van der Waals surface area contributed by atoms with Crippen LogP contribution >= 0.6 is 11.6 Å². The molecule has 0 radical (unpaired) electrons. The number of carbonyl (C=O) groups is 1. The van der Waals surface area contributed by atoms with Gasteiger partial charge in [0.15, 0.2) is 0 Å². The van der Waals surface area contributed by atoms with Crippen molar-refractivity contribution in [2.75, 3.05) is 30.9 Å². The van der Waals surface area contributed by atoms with E-state index in [9.17, 15) is 17.6 Å². The minimum Gasteiger partial charge on any atom is -0.336 e. The Balaban J connectivity index is 1.38. The van der Waals surface area contributed by atoms with Crippen LogP contribution in [-0.2, 0) is 16.6 Å². The third-order valence-electron chi connectivity index (χ3n) is 5.48. The largest absolute Gasteiger partial charge is 0.336 e. The molecular formula is C24H23ClFN3O3S. The van der Waals surface area contributed by atoms with Gasteiger partial charge in [-0.25, -0.2) is 12.8 Å². The van der Waals surface area contributed by atoms with E-state index in [0.717, 1.165) is 5.56 Å². The monoisotopic (exact) mass is 487 g/mol. The summed E-state index contributed by atoms with van der Waals surface area (Å²) in [4.78, 5) is 17.1. The standard InChI is InChI=1S/C24H23ClFN3O3S/c25-23-16-20(26)10-9-19(23)17-28-11-13-29(14-12-28)24(30)18-5-4-6-21(15-18)27-33(31,32)22-7-2-1-3-8-22/h1-10,15-16,27H,11-14,17H2. The topological polar surface area (TPSA) is 69.7 Å². The molecule has 0 aliphatic carbocycles. The second kappa shape index (κ2) is 9.91. The molecule has 3 aromatic rings. The molecule has 1 heterocycles. The molecule has 0 atom stereocenters. The molecule has 1 N–H and O–H groups in total. The first-order valence-electron chi connectivity index (χ1n) is 10.5. The zero-order chi connectivity index (χ0) is 23.4. The number of piperazine rings is 1. The molecule has 1 saturated heterocycles. The Hall–Kier alpha value is -2.94. The molecule has 1 fully saturated rings. The van der Waals surface area contributed by atoms with Gasteiger partial charge in [0.2, 0.25) is 0 Å². The summed E-state index contributed by atoms with van der Waals surface area (Å²) in [5.41, 5.74) is 1.59. The number of hydrogen-bond acceptors (Lipinski definition) is 4. The molecule has 6 nitrogen and oxygen atoms in total. The highest BCUT2D eigenvalue weighted by atomic mass is 35.5. The van der Waals surface area contributed by atoms with Gasteiger partial charge in [0.05, 0.1) is 4.90 Å². The number of hydrogen-bond donors (Lipinski definition) is 1. The highest BCUT2D eigenvalue weighted by molar-refractivity contribution is 7.92. The summed E-state index contributed by atoms with van der Waals surface area (Å²) in [6.45, 7) is 2.94. The molecule has 0 unspecified atom stereocenters. The number of sulfonamides is 1. The van der Waals surface area contributed by atoms with Crippen LogP contribution in [0.1, 0.15) is 15.9 Å². The van der Waals surface area contributed by atoms with E-state index < -0.39 is 10.0 Å². The van der Waals surface area contributed by atoms with Crippen LogP contribution in [0.2, 0.25) is 5.02 Å². The predicted molar refractivity (Wildman–Crippen MR) is 126 cm³/mol. The number of anilines is 1. The number of nitrogens with one attached hydrogen (secondary N) is 1. The highest BCUT2D eigenvalue weighted by Gasteiger charge is 2.23. The molecule has 0 spiro atoms. The third kappa shape index (κ3) is 5.71. The predicted octanol–water partition coefficient (Wildman–Crippen LogP) is 4.24. The zero-order valence-corrected chi connectivity index (χ0v) is 19.3. The van der Waals surface area contributed by atoms with Crippen LogP contribution in [0.25, 0.3) is 0 Å². The second-order valence-corrected chi connectivity index (χ2v) is 9.89. The fourth-order valence-electron chi connectivity index (χ4n) is 3.71. The van der Waals surface area contributed by atoms with Crippen molar-refractivity contribution in [1.82, 2.24) is 9.80 Å². The van der Waals surface area contributed by atoms with Crippen molar-refractivity contribution in [3.63, 3.8) is 0 Å². The van der Waals surface area contributed by atoms with Gasteiger partial charge in [-0.05, 0) is 48.0 Å². The third-order valence-corrected chi connectivity index (χ3v) is 7.23. The van der Waals surface area contributed by atoms with Gasteiger partial charge in [-0.3, -0.25) is 14.4 Å². The van der Waals surface area contributed by atoms with E-state index in [2.05, 4.69) is 9.62 Å². The summed E-state index contributed by atoms with van der Waals surface area (Å²) < 4.78 is 40.9. The number of nitrogens with zero attached hydrogens (tertiary/aromatic N) is 2. The average molecular weight is 488 g/mol. The van der Waals surface area contributed by atoms with Gasteiger partial charge in [0, 0.05) is 49.0 Å². The Morgan fingerprint density at radius 1 is 0.939 bits per heavy atom. The summed E-state index contributed by atoms with van der Waals surface area (Å²) in [6.07, 6.45) is 0. The quantitative estimate of drug-likeness (QED) is 0.564. The summed E-state index contributed by atoms with van der Waals surface area (Å²) >= 11 is 6.13. The molecule has 9 heteroatoms. The molecule has 1 aliphatic heterocycles. The maximum Gasteiger partial charge on any atom is 0.261 e.